The number of rotatable bonds is 6. The number of hydrogen-bond donors (Lipinski definition) is 2. The van der Waals surface area contributed by atoms with Crippen molar-refractivity contribution in [2.75, 3.05) is 18.7 Å². The SMILES string of the molecule is Cc1nnc(-c2ccc3nnc(NC(=O)N4[C@@H]5CC[C@H]4CC(NC(CF)CF)C5)cc3c2)s1. The van der Waals surface area contributed by atoms with Gasteiger partial charge < -0.3 is 10.2 Å². The molecule has 2 fully saturated rings. The lowest BCUT2D eigenvalue weighted by atomic mass is 9.97. The van der Waals surface area contributed by atoms with Crippen LogP contribution in [0.1, 0.15) is 30.7 Å². The molecule has 2 saturated heterocycles. The largest absolute Gasteiger partial charge is 0.323 e. The number of aryl methyl sites for hydroxylation is 1. The van der Waals surface area contributed by atoms with Crippen molar-refractivity contribution >= 4 is 34.1 Å². The van der Waals surface area contributed by atoms with Gasteiger partial charge >= 0.3 is 6.03 Å². The number of hydrogen-bond acceptors (Lipinski definition) is 7. The molecule has 174 valence electrons. The van der Waals surface area contributed by atoms with Gasteiger partial charge in [0.25, 0.3) is 0 Å². The second-order valence-electron chi connectivity index (χ2n) is 8.69. The summed E-state index contributed by atoms with van der Waals surface area (Å²) in [5, 5.41) is 25.2. The van der Waals surface area contributed by atoms with Gasteiger partial charge in [0.05, 0.1) is 11.6 Å². The molecule has 1 unspecified atom stereocenters. The molecule has 11 heteroatoms. The highest BCUT2D eigenvalue weighted by atomic mass is 32.1. The normalized spacial score (nSPS) is 22.3. The fourth-order valence-corrected chi connectivity index (χ4v) is 5.62. The van der Waals surface area contributed by atoms with Gasteiger partial charge in [-0.25, -0.2) is 13.6 Å². The van der Waals surface area contributed by atoms with E-state index in [4.69, 9.17) is 0 Å². The number of aromatic nitrogens is 4. The van der Waals surface area contributed by atoms with Crippen molar-refractivity contribution in [1.82, 2.24) is 30.6 Å². The lowest BCUT2D eigenvalue weighted by Crippen LogP contribution is -2.54. The number of urea groups is 1. The number of carbonyl (C=O) groups excluding carboxylic acids is 1. The standard InChI is InChI=1S/C22H25F2N7OS/c1-12-27-30-21(33-12)13-2-5-19-14(6-13)7-20(29-28-19)26-22(32)31-17-3-4-18(31)9-15(8-17)25-16(10-23)11-24/h2,5-7,15-18,25H,3-4,8-11H2,1H3,(H,26,29,32)/t15?,17-,18+. The summed E-state index contributed by atoms with van der Waals surface area (Å²) < 4.78 is 25.8. The van der Waals surface area contributed by atoms with Gasteiger partial charge in [-0.15, -0.1) is 20.4 Å². The van der Waals surface area contributed by atoms with Gasteiger partial charge in [0, 0.05) is 29.1 Å². The summed E-state index contributed by atoms with van der Waals surface area (Å²) in [4.78, 5) is 15.0. The zero-order valence-electron chi connectivity index (χ0n) is 18.2. The molecule has 33 heavy (non-hydrogen) atoms. The molecule has 2 aliphatic rings. The number of alkyl halides is 2. The average Bonchev–Trinajstić information content (AvgIpc) is 3.37. The summed E-state index contributed by atoms with van der Waals surface area (Å²) in [7, 11) is 0. The number of fused-ring (bicyclic) bond motifs is 3. The first kappa shape index (κ1) is 22.0. The average molecular weight is 474 g/mol. The van der Waals surface area contributed by atoms with Crippen molar-refractivity contribution in [2.24, 2.45) is 0 Å². The minimum absolute atomic E-state index is 0.0194. The van der Waals surface area contributed by atoms with Crippen LogP contribution in [0.4, 0.5) is 19.4 Å². The Balaban J connectivity index is 1.29. The predicted molar refractivity (Wildman–Crippen MR) is 123 cm³/mol. The van der Waals surface area contributed by atoms with Gasteiger partial charge in [-0.2, -0.15) is 0 Å². The molecule has 0 spiro atoms. The second kappa shape index (κ2) is 9.22. The highest BCUT2D eigenvalue weighted by Gasteiger charge is 2.43. The summed E-state index contributed by atoms with van der Waals surface area (Å²) >= 11 is 1.52. The first-order valence-electron chi connectivity index (χ1n) is 11.1. The number of nitrogens with one attached hydrogen (secondary N) is 2. The van der Waals surface area contributed by atoms with Crippen LogP contribution in [0.5, 0.6) is 0 Å². The van der Waals surface area contributed by atoms with Crippen LogP contribution in [0, 0.1) is 6.92 Å². The molecule has 2 bridgehead atoms. The molecule has 0 saturated carbocycles. The van der Waals surface area contributed by atoms with Crippen LogP contribution in [0.2, 0.25) is 0 Å². The first-order chi connectivity index (χ1) is 16.0. The third kappa shape index (κ3) is 4.51. The van der Waals surface area contributed by atoms with E-state index < -0.39 is 19.4 Å². The van der Waals surface area contributed by atoms with Crippen molar-refractivity contribution in [3.8, 4) is 10.6 Å². The minimum Gasteiger partial charge on any atom is -0.318 e. The van der Waals surface area contributed by atoms with E-state index in [1.807, 2.05) is 30.0 Å². The van der Waals surface area contributed by atoms with Crippen LogP contribution < -0.4 is 10.6 Å². The van der Waals surface area contributed by atoms with Crippen molar-refractivity contribution < 1.29 is 13.6 Å². The third-order valence-electron chi connectivity index (χ3n) is 6.40. The van der Waals surface area contributed by atoms with Crippen molar-refractivity contribution in [1.29, 1.82) is 0 Å². The van der Waals surface area contributed by atoms with E-state index >= 15 is 0 Å². The Morgan fingerprint density at radius 1 is 1.12 bits per heavy atom. The van der Waals surface area contributed by atoms with Crippen molar-refractivity contribution in [3.05, 3.63) is 29.3 Å². The quantitative estimate of drug-likeness (QED) is 0.564. The fraction of sp³-hybridized carbons (Fsp3) is 0.500. The molecule has 2 N–H and O–H groups in total. The summed E-state index contributed by atoms with van der Waals surface area (Å²) in [5.74, 6) is 0.382. The van der Waals surface area contributed by atoms with Gasteiger partial charge in [0.1, 0.15) is 23.4 Å². The molecule has 0 radical (unpaired) electrons. The minimum atomic E-state index is -0.767. The highest BCUT2D eigenvalue weighted by molar-refractivity contribution is 7.14. The summed E-state index contributed by atoms with van der Waals surface area (Å²) in [6.45, 7) is 0.453. The van der Waals surface area contributed by atoms with Gasteiger partial charge in [-0.05, 0) is 56.9 Å². The fourth-order valence-electron chi connectivity index (χ4n) is 4.93. The van der Waals surface area contributed by atoms with E-state index in [1.165, 1.54) is 11.3 Å². The van der Waals surface area contributed by atoms with Gasteiger partial charge in [-0.1, -0.05) is 11.3 Å². The van der Waals surface area contributed by atoms with E-state index in [2.05, 4.69) is 31.0 Å². The zero-order valence-corrected chi connectivity index (χ0v) is 19.0. The number of amides is 2. The maximum absolute atomic E-state index is 13.1. The Hall–Kier alpha value is -2.79. The number of halogens is 2. The molecule has 0 aliphatic carbocycles. The predicted octanol–water partition coefficient (Wildman–Crippen LogP) is 3.88. The number of carbonyl (C=O) groups is 1. The number of anilines is 1. The van der Waals surface area contributed by atoms with Gasteiger partial charge in [0.15, 0.2) is 5.82 Å². The molecular formula is C22H25F2N7OS. The Bertz CT molecular complexity index is 1140. The Morgan fingerprint density at radius 3 is 2.55 bits per heavy atom. The molecule has 5 rings (SSSR count). The number of piperidine rings is 1. The molecule has 3 aromatic rings. The van der Waals surface area contributed by atoms with Crippen LogP contribution in [0.3, 0.4) is 0 Å². The maximum Gasteiger partial charge on any atom is 0.323 e. The van der Waals surface area contributed by atoms with Gasteiger partial charge in [-0.3, -0.25) is 5.32 Å². The van der Waals surface area contributed by atoms with Crippen LogP contribution >= 0.6 is 11.3 Å². The molecule has 2 amide bonds. The molecule has 8 nitrogen and oxygen atoms in total. The summed E-state index contributed by atoms with van der Waals surface area (Å²) in [5.41, 5.74) is 1.66. The van der Waals surface area contributed by atoms with Crippen molar-refractivity contribution in [2.45, 2.75) is 56.8 Å². The Kier molecular flexibility index (Phi) is 6.15. The summed E-state index contributed by atoms with van der Waals surface area (Å²) in [6.07, 6.45) is 3.16. The monoisotopic (exact) mass is 473 g/mol. The van der Waals surface area contributed by atoms with Crippen LogP contribution in [0.25, 0.3) is 21.5 Å². The third-order valence-corrected chi connectivity index (χ3v) is 7.29. The second-order valence-corrected chi connectivity index (χ2v) is 9.87. The van der Waals surface area contributed by atoms with Crippen molar-refractivity contribution in [3.63, 3.8) is 0 Å². The summed E-state index contributed by atoms with van der Waals surface area (Å²) in [6, 6.07) is 6.71. The smallest absolute Gasteiger partial charge is 0.318 e. The van der Waals surface area contributed by atoms with Gasteiger partial charge in [0.2, 0.25) is 0 Å². The number of benzene rings is 1. The molecule has 2 aliphatic heterocycles. The molecular weight excluding hydrogens is 448 g/mol. The van der Waals surface area contributed by atoms with E-state index in [1.54, 1.807) is 6.07 Å². The topological polar surface area (TPSA) is 95.9 Å². The number of nitrogens with zero attached hydrogens (tertiary/aromatic N) is 5. The van der Waals surface area contributed by atoms with E-state index in [-0.39, 0.29) is 24.2 Å². The lowest BCUT2D eigenvalue weighted by molar-refractivity contribution is 0.133. The van der Waals surface area contributed by atoms with Crippen LogP contribution in [-0.4, -0.2) is 68.8 Å². The Morgan fingerprint density at radius 2 is 1.88 bits per heavy atom. The van der Waals surface area contributed by atoms with E-state index in [0.29, 0.717) is 18.7 Å². The van der Waals surface area contributed by atoms with Crippen LogP contribution in [0.15, 0.2) is 24.3 Å². The molecule has 2 aromatic heterocycles. The van der Waals surface area contributed by atoms with E-state index in [9.17, 15) is 13.6 Å². The molecule has 1 aromatic carbocycles. The van der Waals surface area contributed by atoms with Crippen LogP contribution in [-0.2, 0) is 0 Å². The van der Waals surface area contributed by atoms with E-state index in [0.717, 1.165) is 39.3 Å². The highest BCUT2D eigenvalue weighted by Crippen LogP contribution is 2.36. The maximum atomic E-state index is 13.1. The Labute approximate surface area is 193 Å². The molecule has 3 atom stereocenters. The zero-order chi connectivity index (χ0) is 22.9. The lowest BCUT2D eigenvalue weighted by Gasteiger charge is -2.39. The first-order valence-corrected chi connectivity index (χ1v) is 11.9. The molecule has 4 heterocycles.